The summed E-state index contributed by atoms with van der Waals surface area (Å²) in [5.74, 6) is -53.7. The van der Waals surface area contributed by atoms with Crippen molar-refractivity contribution in [2.75, 3.05) is 46.5 Å². The first-order chi connectivity index (χ1) is 16.2. The van der Waals surface area contributed by atoms with Gasteiger partial charge in [0.05, 0.1) is 33.4 Å². The van der Waals surface area contributed by atoms with Crippen molar-refractivity contribution in [1.29, 1.82) is 0 Å². The molecule has 0 radical (unpaired) electrons. The Hall–Kier alpha value is -1.32. The molecule has 0 aliphatic carbocycles. The predicted molar refractivity (Wildman–Crippen MR) is 94.9 cm³/mol. The predicted octanol–water partition coefficient (Wildman–Crippen LogP) is 5.05. The second-order valence-corrected chi connectivity index (χ2v) is 11.0. The fraction of sp³-hybridized carbons (Fsp3) is 1.00. The minimum atomic E-state index is -8.82. The number of hydrogen-bond acceptors (Lipinski definition) is 3. The number of nitrogens with zero attached hydrogens (tertiary/aromatic N) is 1. The van der Waals surface area contributed by atoms with E-state index >= 15 is 0 Å². The van der Waals surface area contributed by atoms with Crippen molar-refractivity contribution >= 4 is 9.84 Å². The van der Waals surface area contributed by atoms with E-state index in [1.165, 1.54) is 0 Å². The highest BCUT2D eigenvalue weighted by atomic mass is 32.2. The minimum Gasteiger partial charge on any atom is -0.331 e. The molecular formula is C16H20F17N2O2S+. The molecule has 0 saturated heterocycles. The number of nitrogens with one attached hydrogen (secondary N) is 1. The second kappa shape index (κ2) is 10.3. The van der Waals surface area contributed by atoms with Crippen LogP contribution in [0.3, 0.4) is 0 Å². The van der Waals surface area contributed by atoms with Crippen molar-refractivity contribution < 1.29 is 87.5 Å². The fourth-order valence-electron chi connectivity index (χ4n) is 2.48. The molecule has 0 unspecified atom stereocenters. The Morgan fingerprint density at radius 1 is 0.553 bits per heavy atom. The molecule has 38 heavy (non-hydrogen) atoms. The lowest BCUT2D eigenvalue weighted by Gasteiger charge is -2.42. The van der Waals surface area contributed by atoms with Gasteiger partial charge in [-0.25, -0.2) is 8.42 Å². The van der Waals surface area contributed by atoms with E-state index in [1.54, 1.807) is 21.1 Å². The van der Waals surface area contributed by atoms with Crippen LogP contribution >= 0.6 is 0 Å². The Labute approximate surface area is 203 Å². The maximum absolute atomic E-state index is 13.9. The van der Waals surface area contributed by atoms with Crippen LogP contribution in [-0.4, -0.2) is 106 Å². The third-order valence-electron chi connectivity index (χ3n) is 4.81. The summed E-state index contributed by atoms with van der Waals surface area (Å²) in [6.45, 7) is -1.07. The summed E-state index contributed by atoms with van der Waals surface area (Å²) in [5, 5.41) is -5.38. The molecule has 0 bridgehead atoms. The molecule has 0 spiro atoms. The highest BCUT2D eigenvalue weighted by Crippen LogP contribution is 2.64. The van der Waals surface area contributed by atoms with Crippen molar-refractivity contribution in [2.24, 2.45) is 0 Å². The van der Waals surface area contributed by atoms with E-state index in [-0.39, 0.29) is 13.0 Å². The summed E-state index contributed by atoms with van der Waals surface area (Å²) in [4.78, 5) is 0. The molecule has 0 rings (SSSR count). The van der Waals surface area contributed by atoms with Gasteiger partial charge in [-0.05, 0) is 0 Å². The fourth-order valence-corrected chi connectivity index (χ4v) is 3.67. The van der Waals surface area contributed by atoms with Gasteiger partial charge in [0.25, 0.3) is 0 Å². The van der Waals surface area contributed by atoms with Gasteiger partial charge in [-0.1, -0.05) is 0 Å². The van der Waals surface area contributed by atoms with E-state index in [9.17, 15) is 83.1 Å². The number of sulfone groups is 1. The van der Waals surface area contributed by atoms with Gasteiger partial charge >= 0.3 is 47.0 Å². The summed E-state index contributed by atoms with van der Waals surface area (Å²) in [7, 11) is -2.01. The molecule has 0 amide bonds. The Morgan fingerprint density at radius 3 is 1.24 bits per heavy atom. The van der Waals surface area contributed by atoms with E-state index in [0.717, 1.165) is 0 Å². The van der Waals surface area contributed by atoms with Crippen LogP contribution in [-0.2, 0) is 9.84 Å². The van der Waals surface area contributed by atoms with Gasteiger partial charge in [0, 0.05) is 19.5 Å². The van der Waals surface area contributed by atoms with E-state index in [2.05, 4.69) is 5.32 Å². The van der Waals surface area contributed by atoms with E-state index in [1.807, 2.05) is 0 Å². The summed E-state index contributed by atoms with van der Waals surface area (Å²) in [6.07, 6.45) is -7.67. The van der Waals surface area contributed by atoms with Gasteiger partial charge in [0.1, 0.15) is 0 Å². The quantitative estimate of drug-likeness (QED) is 0.167. The molecule has 0 aromatic heterocycles. The zero-order valence-electron chi connectivity index (χ0n) is 19.1. The summed E-state index contributed by atoms with van der Waals surface area (Å²) < 4.78 is 248. The number of alkyl halides is 17. The van der Waals surface area contributed by atoms with Crippen LogP contribution < -0.4 is 5.32 Å². The highest BCUT2D eigenvalue weighted by Gasteiger charge is 2.96. The van der Waals surface area contributed by atoms with Gasteiger partial charge in [0.15, 0.2) is 0 Å². The van der Waals surface area contributed by atoms with Crippen molar-refractivity contribution in [3.63, 3.8) is 0 Å². The van der Waals surface area contributed by atoms with Crippen LogP contribution in [0, 0.1) is 0 Å². The van der Waals surface area contributed by atoms with Crippen molar-refractivity contribution in [1.82, 2.24) is 5.32 Å². The highest BCUT2D eigenvalue weighted by molar-refractivity contribution is 7.92. The van der Waals surface area contributed by atoms with Crippen LogP contribution in [0.15, 0.2) is 0 Å². The zero-order chi connectivity index (χ0) is 31.2. The van der Waals surface area contributed by atoms with Crippen molar-refractivity contribution in [3.8, 4) is 0 Å². The van der Waals surface area contributed by atoms with E-state index < -0.39 is 69.1 Å². The Kier molecular flexibility index (Phi) is 9.90. The third-order valence-corrected chi connectivity index (χ3v) is 6.59. The molecule has 0 heterocycles. The van der Waals surface area contributed by atoms with Gasteiger partial charge in [-0.2, -0.15) is 74.6 Å². The Bertz CT molecular complexity index is 923. The largest absolute Gasteiger partial charge is 0.460 e. The first-order valence-corrected chi connectivity index (χ1v) is 11.3. The first kappa shape index (κ1) is 36.7. The summed E-state index contributed by atoms with van der Waals surface area (Å²) in [5.41, 5.74) is 0. The molecule has 0 atom stereocenters. The van der Waals surface area contributed by atoms with Gasteiger partial charge < -0.3 is 9.80 Å². The molecule has 0 aromatic rings. The van der Waals surface area contributed by atoms with Gasteiger partial charge in [0.2, 0.25) is 9.84 Å². The molecule has 4 nitrogen and oxygen atoms in total. The Morgan fingerprint density at radius 2 is 0.895 bits per heavy atom. The molecular weight excluding hydrogens is 607 g/mol. The minimum absolute atomic E-state index is 0.187. The number of halogens is 17. The van der Waals surface area contributed by atoms with Gasteiger partial charge in [-0.15, -0.1) is 0 Å². The number of quaternary nitrogens is 1. The smallest absolute Gasteiger partial charge is 0.331 e. The molecule has 0 aliphatic rings. The van der Waals surface area contributed by atoms with Crippen LogP contribution in [0.1, 0.15) is 6.42 Å². The molecule has 1 N–H and O–H groups in total. The van der Waals surface area contributed by atoms with Crippen LogP contribution in [0.25, 0.3) is 0 Å². The average molecular weight is 627 g/mol. The van der Waals surface area contributed by atoms with Crippen molar-refractivity contribution in [3.05, 3.63) is 0 Å². The lowest BCUT2D eigenvalue weighted by atomic mass is 9.91. The topological polar surface area (TPSA) is 46.2 Å². The second-order valence-electron chi connectivity index (χ2n) is 8.90. The van der Waals surface area contributed by atoms with E-state index in [0.29, 0.717) is 11.0 Å². The van der Waals surface area contributed by atoms with Crippen LogP contribution in [0.5, 0.6) is 0 Å². The number of rotatable bonds is 14. The van der Waals surface area contributed by atoms with Crippen LogP contribution in [0.2, 0.25) is 0 Å². The molecule has 0 fully saturated rings. The molecule has 0 saturated carbocycles. The molecule has 22 heteroatoms. The number of hydrogen-bond donors (Lipinski definition) is 1. The first-order valence-electron chi connectivity index (χ1n) is 9.65. The SMILES string of the molecule is C[N+](C)(C)CCCNCCS(=O)(=O)C(F)(F)C(F)(F)C(F)(F)C(F)(F)C(F)(F)C(F)(F)C(F)(F)C(F)(F)F. The van der Waals surface area contributed by atoms with E-state index in [4.69, 9.17) is 0 Å². The lowest BCUT2D eigenvalue weighted by molar-refractivity contribution is -0.870. The average Bonchev–Trinajstić information content (AvgIpc) is 2.67. The monoisotopic (exact) mass is 627 g/mol. The maximum Gasteiger partial charge on any atom is 0.460 e. The van der Waals surface area contributed by atoms with Crippen molar-refractivity contribution in [2.45, 2.75) is 53.4 Å². The zero-order valence-corrected chi connectivity index (χ0v) is 19.9. The molecule has 0 aromatic carbocycles. The normalized spacial score (nSPS) is 16.2. The standard InChI is InChI=1S/C16H20F17N2O2S/c1-35(2,3)7-4-5-34-6-8-38(36,37)16(32,33)14(27,28)12(23,24)10(19,20)9(17,18)11(21,22)13(25,26)15(29,30)31/h34H,4-8H2,1-3H3/q+1. The lowest BCUT2D eigenvalue weighted by Crippen LogP contribution is -2.75. The molecule has 230 valence electrons. The summed E-state index contributed by atoms with van der Waals surface area (Å²) >= 11 is 0. The van der Waals surface area contributed by atoms with Gasteiger partial charge in [-0.3, -0.25) is 0 Å². The maximum atomic E-state index is 13.9. The Balaban J connectivity index is 6.26. The van der Waals surface area contributed by atoms with Crippen LogP contribution in [0.4, 0.5) is 74.6 Å². The third kappa shape index (κ3) is 5.90. The molecule has 0 aliphatic heterocycles. The summed E-state index contributed by atoms with van der Waals surface area (Å²) in [6, 6.07) is 0.